The number of rotatable bonds is 3. The quantitative estimate of drug-likeness (QED) is 0.660. The molecule has 152 valence electrons. The number of benzene rings is 2. The molecule has 1 heterocycles. The molecule has 2 aromatic carbocycles. The number of alkyl halides is 3. The first-order valence-electron chi connectivity index (χ1n) is 8.55. The van der Waals surface area contributed by atoms with Gasteiger partial charge in [-0.1, -0.05) is 19.1 Å². The summed E-state index contributed by atoms with van der Waals surface area (Å²) in [4.78, 5) is 23.3. The van der Waals surface area contributed by atoms with Gasteiger partial charge in [0.15, 0.2) is 0 Å². The molecule has 6 nitrogen and oxygen atoms in total. The number of urea groups is 1. The first kappa shape index (κ1) is 20.3. The Morgan fingerprint density at radius 1 is 1.14 bits per heavy atom. The van der Waals surface area contributed by atoms with Crippen molar-refractivity contribution in [2.24, 2.45) is 11.0 Å². The second kappa shape index (κ2) is 7.90. The summed E-state index contributed by atoms with van der Waals surface area (Å²) in [5.74, 6) is -1.23. The van der Waals surface area contributed by atoms with E-state index in [4.69, 9.17) is 0 Å². The van der Waals surface area contributed by atoms with Crippen LogP contribution in [0.15, 0.2) is 47.6 Å². The van der Waals surface area contributed by atoms with Gasteiger partial charge >= 0.3 is 12.2 Å². The second-order valence-electron chi connectivity index (χ2n) is 6.49. The van der Waals surface area contributed by atoms with E-state index in [1.807, 2.05) is 6.92 Å². The number of halogens is 4. The van der Waals surface area contributed by atoms with Gasteiger partial charge < -0.3 is 10.6 Å². The minimum absolute atomic E-state index is 0.0743. The zero-order valence-corrected chi connectivity index (χ0v) is 15.1. The number of hydrogen-bond donors (Lipinski definition) is 3. The number of hydrogen-bond acceptors (Lipinski definition) is 3. The van der Waals surface area contributed by atoms with Crippen molar-refractivity contribution in [1.29, 1.82) is 0 Å². The fraction of sp³-hybridized carbons (Fsp3) is 0.211. The van der Waals surface area contributed by atoms with Crippen LogP contribution in [0.2, 0.25) is 0 Å². The molecule has 2 aromatic rings. The van der Waals surface area contributed by atoms with Crippen molar-refractivity contribution in [3.05, 3.63) is 59.4 Å². The predicted octanol–water partition coefficient (Wildman–Crippen LogP) is 4.35. The number of carbonyl (C=O) groups is 2. The summed E-state index contributed by atoms with van der Waals surface area (Å²) < 4.78 is 51.9. The number of hydrazone groups is 1. The van der Waals surface area contributed by atoms with Crippen LogP contribution < -0.4 is 16.1 Å². The Balaban J connectivity index is 1.68. The fourth-order valence-corrected chi connectivity index (χ4v) is 2.81. The topological polar surface area (TPSA) is 82.6 Å². The minimum Gasteiger partial charge on any atom is -0.308 e. The molecule has 0 saturated heterocycles. The molecule has 0 unspecified atom stereocenters. The van der Waals surface area contributed by atoms with E-state index in [0.29, 0.717) is 36.0 Å². The predicted molar refractivity (Wildman–Crippen MR) is 98.9 cm³/mol. The molecular weight excluding hydrogens is 392 g/mol. The Hall–Kier alpha value is -3.43. The van der Waals surface area contributed by atoms with Gasteiger partial charge in [0.05, 0.1) is 17.0 Å². The van der Waals surface area contributed by atoms with Crippen molar-refractivity contribution in [3.8, 4) is 0 Å². The first-order valence-corrected chi connectivity index (χ1v) is 8.55. The zero-order chi connectivity index (χ0) is 21.2. The Morgan fingerprint density at radius 2 is 1.83 bits per heavy atom. The summed E-state index contributed by atoms with van der Waals surface area (Å²) in [6.07, 6.45) is -4.35. The second-order valence-corrected chi connectivity index (χ2v) is 6.49. The van der Waals surface area contributed by atoms with E-state index in [1.165, 1.54) is 0 Å². The summed E-state index contributed by atoms with van der Waals surface area (Å²) in [5.41, 5.74) is 2.51. The highest BCUT2D eigenvalue weighted by atomic mass is 19.4. The van der Waals surface area contributed by atoms with Crippen LogP contribution in [0.1, 0.15) is 24.5 Å². The van der Waals surface area contributed by atoms with Crippen LogP contribution in [0.3, 0.4) is 0 Å². The molecule has 0 bridgehead atoms. The van der Waals surface area contributed by atoms with Gasteiger partial charge in [-0.25, -0.2) is 14.6 Å². The maximum atomic E-state index is 13.7. The van der Waals surface area contributed by atoms with Crippen molar-refractivity contribution in [3.63, 3.8) is 0 Å². The van der Waals surface area contributed by atoms with Gasteiger partial charge in [0.2, 0.25) is 5.91 Å². The third-order valence-electron chi connectivity index (χ3n) is 4.24. The van der Waals surface area contributed by atoms with E-state index in [2.05, 4.69) is 21.2 Å². The monoisotopic (exact) mass is 408 g/mol. The molecule has 29 heavy (non-hydrogen) atoms. The third-order valence-corrected chi connectivity index (χ3v) is 4.24. The lowest BCUT2D eigenvalue weighted by molar-refractivity contribution is -0.137. The van der Waals surface area contributed by atoms with E-state index in [0.717, 1.165) is 5.56 Å². The van der Waals surface area contributed by atoms with Gasteiger partial charge in [-0.2, -0.15) is 18.3 Å². The molecule has 0 saturated carbocycles. The van der Waals surface area contributed by atoms with Crippen molar-refractivity contribution in [1.82, 2.24) is 5.43 Å². The molecule has 0 aromatic heterocycles. The van der Waals surface area contributed by atoms with Gasteiger partial charge in [0.25, 0.3) is 0 Å². The highest BCUT2D eigenvalue weighted by molar-refractivity contribution is 6.06. The van der Waals surface area contributed by atoms with Crippen LogP contribution in [0.25, 0.3) is 0 Å². The van der Waals surface area contributed by atoms with Crippen molar-refractivity contribution in [2.75, 3.05) is 10.6 Å². The molecule has 3 rings (SSSR count). The van der Waals surface area contributed by atoms with Gasteiger partial charge in [0, 0.05) is 18.0 Å². The number of nitrogens with zero attached hydrogens (tertiary/aromatic N) is 1. The average molecular weight is 408 g/mol. The normalized spacial score (nSPS) is 16.7. The fourth-order valence-electron chi connectivity index (χ4n) is 2.81. The van der Waals surface area contributed by atoms with Crippen LogP contribution in [0.5, 0.6) is 0 Å². The zero-order valence-electron chi connectivity index (χ0n) is 15.1. The average Bonchev–Trinajstić information content (AvgIpc) is 2.63. The minimum atomic E-state index is -4.66. The van der Waals surface area contributed by atoms with E-state index in [-0.39, 0.29) is 11.8 Å². The molecule has 3 amide bonds. The van der Waals surface area contributed by atoms with Crippen molar-refractivity contribution < 1.29 is 27.2 Å². The van der Waals surface area contributed by atoms with E-state index >= 15 is 0 Å². The highest BCUT2D eigenvalue weighted by Gasteiger charge is 2.31. The SMILES string of the molecule is C[C@@H]1CC(=O)NN=C1c1ccc(NC(=O)Nc2cc(C(F)(F)F)ccc2F)cc1. The van der Waals surface area contributed by atoms with Crippen LogP contribution >= 0.6 is 0 Å². The molecule has 1 aliphatic heterocycles. The molecule has 10 heteroatoms. The van der Waals surface area contributed by atoms with Crippen LogP contribution in [0.4, 0.5) is 33.7 Å². The molecule has 0 aliphatic carbocycles. The molecule has 1 aliphatic rings. The Morgan fingerprint density at radius 3 is 2.45 bits per heavy atom. The van der Waals surface area contributed by atoms with Crippen LogP contribution in [-0.4, -0.2) is 17.6 Å². The summed E-state index contributed by atoms with van der Waals surface area (Å²) in [5, 5.41) is 8.51. The van der Waals surface area contributed by atoms with Gasteiger partial charge in [0.1, 0.15) is 5.82 Å². The number of anilines is 2. The van der Waals surface area contributed by atoms with E-state index < -0.39 is 29.3 Å². The Kier molecular flexibility index (Phi) is 5.53. The first-order chi connectivity index (χ1) is 13.6. The van der Waals surface area contributed by atoms with Gasteiger partial charge in [-0.15, -0.1) is 0 Å². The molecule has 0 radical (unpaired) electrons. The number of nitrogens with one attached hydrogen (secondary N) is 3. The Labute approximate surface area is 163 Å². The standard InChI is InChI=1S/C19H16F4N4O2/c1-10-8-16(28)26-27-17(10)11-2-5-13(6-3-11)24-18(29)25-15-9-12(19(21,22)23)4-7-14(15)20/h2-7,9-10H,8H2,1H3,(H,26,28)(H2,24,25,29)/t10-/m1/s1. The van der Waals surface area contributed by atoms with E-state index in [9.17, 15) is 27.2 Å². The maximum Gasteiger partial charge on any atom is 0.416 e. The van der Waals surface area contributed by atoms with Crippen LogP contribution in [-0.2, 0) is 11.0 Å². The molecule has 0 spiro atoms. The lowest BCUT2D eigenvalue weighted by atomic mass is 9.94. The van der Waals surface area contributed by atoms with E-state index in [1.54, 1.807) is 24.3 Å². The van der Waals surface area contributed by atoms with Crippen molar-refractivity contribution in [2.45, 2.75) is 19.5 Å². The smallest absolute Gasteiger partial charge is 0.308 e. The van der Waals surface area contributed by atoms with Gasteiger partial charge in [-0.05, 0) is 35.9 Å². The number of carbonyl (C=O) groups excluding carboxylic acids is 2. The molecule has 1 atom stereocenters. The summed E-state index contributed by atoms with van der Waals surface area (Å²) >= 11 is 0. The molecule has 3 N–H and O–H groups in total. The Bertz CT molecular complexity index is 971. The summed E-state index contributed by atoms with van der Waals surface area (Å²) in [6.45, 7) is 1.86. The molecule has 0 fully saturated rings. The lowest BCUT2D eigenvalue weighted by Crippen LogP contribution is -2.31. The summed E-state index contributed by atoms with van der Waals surface area (Å²) in [6, 6.07) is 7.32. The molecular formula is C19H16F4N4O2. The summed E-state index contributed by atoms with van der Waals surface area (Å²) in [7, 11) is 0. The highest BCUT2D eigenvalue weighted by Crippen LogP contribution is 2.31. The van der Waals surface area contributed by atoms with Gasteiger partial charge in [-0.3, -0.25) is 4.79 Å². The maximum absolute atomic E-state index is 13.7. The van der Waals surface area contributed by atoms with Crippen LogP contribution in [0, 0.1) is 11.7 Å². The van der Waals surface area contributed by atoms with Crippen molar-refractivity contribution >= 4 is 29.0 Å². The lowest BCUT2D eigenvalue weighted by Gasteiger charge is -2.19. The third kappa shape index (κ3) is 4.89. The largest absolute Gasteiger partial charge is 0.416 e. The number of amides is 3.